The number of nitrogens with zero attached hydrogens (tertiary/aromatic N) is 2. The van der Waals surface area contributed by atoms with Gasteiger partial charge in [-0.05, 0) is 18.4 Å². The maximum absolute atomic E-state index is 13.9. The standard InChI is InChI=1S/C17H17FN2O3/c18-14-12-20(15-9-5-11-23-15)17(22)19(16(14)21)10-4-8-13-6-2-1-3-7-13/h1-4,6-8,12,15H,5,9-11H2. The van der Waals surface area contributed by atoms with Crippen LogP contribution in [-0.2, 0) is 11.3 Å². The lowest BCUT2D eigenvalue weighted by Crippen LogP contribution is -2.42. The maximum atomic E-state index is 13.9. The topological polar surface area (TPSA) is 53.2 Å². The minimum absolute atomic E-state index is 0.0110. The van der Waals surface area contributed by atoms with E-state index in [1.807, 2.05) is 30.3 Å². The van der Waals surface area contributed by atoms with Gasteiger partial charge < -0.3 is 4.74 Å². The van der Waals surface area contributed by atoms with Gasteiger partial charge in [-0.25, -0.2) is 4.79 Å². The average molecular weight is 316 g/mol. The molecule has 0 spiro atoms. The number of aromatic nitrogens is 2. The quantitative estimate of drug-likeness (QED) is 0.869. The third kappa shape index (κ3) is 3.32. The average Bonchev–Trinajstić information content (AvgIpc) is 3.09. The van der Waals surface area contributed by atoms with Crippen LogP contribution in [0.3, 0.4) is 0 Å². The van der Waals surface area contributed by atoms with Crippen LogP contribution in [0.2, 0.25) is 0 Å². The van der Waals surface area contributed by atoms with Crippen molar-refractivity contribution in [2.45, 2.75) is 25.6 Å². The number of rotatable bonds is 4. The van der Waals surface area contributed by atoms with Gasteiger partial charge in [0.1, 0.15) is 6.23 Å². The van der Waals surface area contributed by atoms with Gasteiger partial charge in [0.2, 0.25) is 5.82 Å². The van der Waals surface area contributed by atoms with Crippen molar-refractivity contribution in [1.82, 2.24) is 9.13 Å². The Kier molecular flexibility index (Phi) is 4.52. The number of benzene rings is 1. The lowest BCUT2D eigenvalue weighted by Gasteiger charge is -2.14. The molecule has 0 radical (unpaired) electrons. The van der Waals surface area contributed by atoms with Crippen molar-refractivity contribution in [3.05, 3.63) is 74.8 Å². The van der Waals surface area contributed by atoms with Gasteiger partial charge in [-0.3, -0.25) is 13.9 Å². The molecule has 0 aliphatic carbocycles. The lowest BCUT2D eigenvalue weighted by atomic mass is 10.2. The van der Waals surface area contributed by atoms with E-state index in [0.717, 1.165) is 22.7 Å². The fraction of sp³-hybridized carbons (Fsp3) is 0.294. The van der Waals surface area contributed by atoms with E-state index in [-0.39, 0.29) is 6.54 Å². The van der Waals surface area contributed by atoms with Crippen molar-refractivity contribution >= 4 is 6.08 Å². The van der Waals surface area contributed by atoms with Gasteiger partial charge in [-0.15, -0.1) is 0 Å². The summed E-state index contributed by atoms with van der Waals surface area (Å²) in [5.74, 6) is -0.951. The Hall–Kier alpha value is -2.47. The molecule has 0 saturated carbocycles. The molecular formula is C17H17FN2O3. The number of ether oxygens (including phenoxy) is 1. The number of hydrogen-bond acceptors (Lipinski definition) is 3. The van der Waals surface area contributed by atoms with Crippen LogP contribution in [0.4, 0.5) is 4.39 Å². The summed E-state index contributed by atoms with van der Waals surface area (Å²) in [6.45, 7) is 0.544. The molecule has 1 aromatic carbocycles. The smallest absolute Gasteiger partial charge is 0.333 e. The van der Waals surface area contributed by atoms with Gasteiger partial charge in [0.25, 0.3) is 5.56 Å². The zero-order valence-electron chi connectivity index (χ0n) is 12.5. The number of halogens is 1. The second kappa shape index (κ2) is 6.75. The monoisotopic (exact) mass is 316 g/mol. The molecule has 2 aromatic rings. The zero-order valence-corrected chi connectivity index (χ0v) is 12.5. The van der Waals surface area contributed by atoms with E-state index in [2.05, 4.69) is 0 Å². The van der Waals surface area contributed by atoms with E-state index in [0.29, 0.717) is 13.0 Å². The fourth-order valence-electron chi connectivity index (χ4n) is 2.59. The molecule has 1 saturated heterocycles. The molecule has 120 valence electrons. The van der Waals surface area contributed by atoms with E-state index in [4.69, 9.17) is 4.74 Å². The molecule has 23 heavy (non-hydrogen) atoms. The lowest BCUT2D eigenvalue weighted by molar-refractivity contribution is 0.0504. The molecule has 1 aliphatic rings. The Morgan fingerprint density at radius 1 is 1.26 bits per heavy atom. The van der Waals surface area contributed by atoms with Crippen LogP contribution in [0.1, 0.15) is 24.6 Å². The molecule has 2 heterocycles. The highest BCUT2D eigenvalue weighted by atomic mass is 19.1. The SMILES string of the molecule is O=c1c(F)cn(C2CCCO2)c(=O)n1CC=Cc1ccccc1. The van der Waals surface area contributed by atoms with E-state index in [1.54, 1.807) is 12.2 Å². The fourth-order valence-corrected chi connectivity index (χ4v) is 2.59. The van der Waals surface area contributed by atoms with Crippen LogP contribution >= 0.6 is 0 Å². The first kappa shape index (κ1) is 15.4. The Balaban J connectivity index is 1.90. The molecule has 0 bridgehead atoms. The van der Waals surface area contributed by atoms with Crippen molar-refractivity contribution in [1.29, 1.82) is 0 Å². The molecule has 5 nitrogen and oxygen atoms in total. The molecule has 1 aromatic heterocycles. The Bertz CT molecular complexity index is 818. The van der Waals surface area contributed by atoms with E-state index < -0.39 is 23.3 Å². The summed E-state index contributed by atoms with van der Waals surface area (Å²) >= 11 is 0. The minimum atomic E-state index is -0.951. The second-order valence-corrected chi connectivity index (χ2v) is 5.36. The molecule has 0 N–H and O–H groups in total. The first-order valence-corrected chi connectivity index (χ1v) is 7.51. The molecule has 1 atom stereocenters. The summed E-state index contributed by atoms with van der Waals surface area (Å²) in [6.07, 6.45) is 5.34. The van der Waals surface area contributed by atoms with Gasteiger partial charge in [0, 0.05) is 13.2 Å². The summed E-state index contributed by atoms with van der Waals surface area (Å²) in [7, 11) is 0. The predicted octanol–water partition coefficient (Wildman–Crippen LogP) is 2.17. The summed E-state index contributed by atoms with van der Waals surface area (Å²) in [6, 6.07) is 9.47. The highest BCUT2D eigenvalue weighted by Crippen LogP contribution is 2.20. The van der Waals surface area contributed by atoms with Gasteiger partial charge in [0.05, 0.1) is 6.20 Å². The Morgan fingerprint density at radius 2 is 2.04 bits per heavy atom. The molecule has 1 fully saturated rings. The van der Waals surface area contributed by atoms with E-state index in [1.165, 1.54) is 4.57 Å². The summed E-state index contributed by atoms with van der Waals surface area (Å²) in [5, 5.41) is 0. The van der Waals surface area contributed by atoms with Crippen LogP contribution in [0.25, 0.3) is 6.08 Å². The Morgan fingerprint density at radius 3 is 2.74 bits per heavy atom. The maximum Gasteiger partial charge on any atom is 0.333 e. The van der Waals surface area contributed by atoms with Gasteiger partial charge in [-0.1, -0.05) is 42.5 Å². The first-order chi connectivity index (χ1) is 11.2. The minimum Gasteiger partial charge on any atom is -0.358 e. The van der Waals surface area contributed by atoms with Crippen molar-refractivity contribution in [3.8, 4) is 0 Å². The van der Waals surface area contributed by atoms with Crippen LogP contribution in [0, 0.1) is 5.82 Å². The second-order valence-electron chi connectivity index (χ2n) is 5.36. The predicted molar refractivity (Wildman–Crippen MR) is 84.6 cm³/mol. The van der Waals surface area contributed by atoms with Crippen molar-refractivity contribution < 1.29 is 9.13 Å². The zero-order chi connectivity index (χ0) is 16.2. The normalized spacial score (nSPS) is 17.9. The van der Waals surface area contributed by atoms with Crippen LogP contribution < -0.4 is 11.2 Å². The molecule has 0 amide bonds. The Labute approximate surface area is 132 Å². The summed E-state index contributed by atoms with van der Waals surface area (Å²) in [4.78, 5) is 24.3. The van der Waals surface area contributed by atoms with Crippen LogP contribution in [0.5, 0.6) is 0 Å². The van der Waals surface area contributed by atoms with Gasteiger partial charge in [-0.2, -0.15) is 4.39 Å². The molecule has 1 aliphatic heterocycles. The number of hydrogen-bond donors (Lipinski definition) is 0. The van der Waals surface area contributed by atoms with Crippen molar-refractivity contribution in [2.24, 2.45) is 0 Å². The molecule has 6 heteroatoms. The van der Waals surface area contributed by atoms with Gasteiger partial charge in [0.15, 0.2) is 0 Å². The highest BCUT2D eigenvalue weighted by molar-refractivity contribution is 5.48. The van der Waals surface area contributed by atoms with Crippen LogP contribution in [-0.4, -0.2) is 15.7 Å². The summed E-state index contributed by atoms with van der Waals surface area (Å²) < 4.78 is 21.3. The summed E-state index contributed by atoms with van der Waals surface area (Å²) in [5.41, 5.74) is -0.528. The first-order valence-electron chi connectivity index (χ1n) is 7.51. The molecule has 1 unspecified atom stereocenters. The van der Waals surface area contributed by atoms with Crippen molar-refractivity contribution in [3.63, 3.8) is 0 Å². The number of allylic oxidation sites excluding steroid dienone is 1. The third-order valence-electron chi connectivity index (χ3n) is 3.77. The van der Waals surface area contributed by atoms with Crippen molar-refractivity contribution in [2.75, 3.05) is 6.61 Å². The molecular weight excluding hydrogens is 299 g/mol. The van der Waals surface area contributed by atoms with Crippen LogP contribution in [0.15, 0.2) is 52.2 Å². The van der Waals surface area contributed by atoms with Gasteiger partial charge >= 0.3 is 5.69 Å². The van der Waals surface area contributed by atoms with E-state index >= 15 is 0 Å². The highest BCUT2D eigenvalue weighted by Gasteiger charge is 2.21. The molecule has 3 rings (SSSR count). The van der Waals surface area contributed by atoms with E-state index in [9.17, 15) is 14.0 Å². The largest absolute Gasteiger partial charge is 0.358 e. The third-order valence-corrected chi connectivity index (χ3v) is 3.77.